The molecule has 1 N–H and O–H groups in total. The van der Waals surface area contributed by atoms with Gasteiger partial charge in [0, 0.05) is 29.3 Å². The van der Waals surface area contributed by atoms with Crippen molar-refractivity contribution in [2.45, 2.75) is 64.2 Å². The first-order valence-corrected chi connectivity index (χ1v) is 9.52. The Bertz CT molecular complexity index is 788. The highest BCUT2D eigenvalue weighted by molar-refractivity contribution is 7.11. The maximum atomic E-state index is 12.3. The van der Waals surface area contributed by atoms with Crippen LogP contribution in [0.4, 0.5) is 5.82 Å². The second-order valence-electron chi connectivity index (χ2n) is 7.92. The summed E-state index contributed by atoms with van der Waals surface area (Å²) in [4.78, 5) is 18.7. The number of carbonyl (C=O) groups is 1. The summed E-state index contributed by atoms with van der Waals surface area (Å²) in [6.07, 6.45) is 5.17. The third-order valence-electron chi connectivity index (χ3n) is 4.95. The standard InChI is InChI=1S/C18H24N4OS/c1-18(2,3)15-14-10(9-13(23)20-16(14)22(4)21-15)17-19-11-7-5-6-8-12(11)24-17/h10H,5-9H2,1-4H3,(H,20,23)/t10-/m1/s1. The van der Waals surface area contributed by atoms with Crippen LogP contribution in [-0.4, -0.2) is 20.7 Å². The first-order chi connectivity index (χ1) is 11.3. The molecule has 1 aliphatic heterocycles. The van der Waals surface area contributed by atoms with Gasteiger partial charge in [0.25, 0.3) is 0 Å². The van der Waals surface area contributed by atoms with Crippen molar-refractivity contribution in [3.8, 4) is 0 Å². The number of fused-ring (bicyclic) bond motifs is 2. The molecule has 0 fully saturated rings. The van der Waals surface area contributed by atoms with Crippen molar-refractivity contribution >= 4 is 23.1 Å². The summed E-state index contributed by atoms with van der Waals surface area (Å²) >= 11 is 1.81. The van der Waals surface area contributed by atoms with Crippen molar-refractivity contribution in [2.24, 2.45) is 7.05 Å². The second-order valence-corrected chi connectivity index (χ2v) is 9.03. The molecular formula is C18H24N4OS. The van der Waals surface area contributed by atoms with Crippen molar-refractivity contribution in [1.82, 2.24) is 14.8 Å². The number of hydrogen-bond acceptors (Lipinski definition) is 4. The average molecular weight is 344 g/mol. The highest BCUT2D eigenvalue weighted by Gasteiger charge is 2.38. The molecule has 2 aromatic rings. The lowest BCUT2D eigenvalue weighted by Crippen LogP contribution is -2.26. The normalized spacial score (nSPS) is 20.5. The van der Waals surface area contributed by atoms with Gasteiger partial charge in [0.1, 0.15) is 10.8 Å². The van der Waals surface area contributed by atoms with E-state index in [1.165, 1.54) is 23.4 Å². The first-order valence-electron chi connectivity index (χ1n) is 8.70. The van der Waals surface area contributed by atoms with E-state index in [-0.39, 0.29) is 17.2 Å². The Morgan fingerprint density at radius 2 is 2.00 bits per heavy atom. The van der Waals surface area contributed by atoms with E-state index in [1.54, 1.807) is 0 Å². The zero-order valence-corrected chi connectivity index (χ0v) is 15.6. The van der Waals surface area contributed by atoms with Gasteiger partial charge in [0.2, 0.25) is 5.91 Å². The first kappa shape index (κ1) is 15.8. The number of amides is 1. The minimum Gasteiger partial charge on any atom is -0.311 e. The summed E-state index contributed by atoms with van der Waals surface area (Å²) in [6.45, 7) is 6.53. The topological polar surface area (TPSA) is 59.8 Å². The third kappa shape index (κ3) is 2.48. The van der Waals surface area contributed by atoms with Gasteiger partial charge in [-0.05, 0) is 25.7 Å². The SMILES string of the molecule is Cn1nc(C(C)(C)C)c2c1NC(=O)C[C@H]2c1nc2c(s1)CCCC2. The number of aryl methyl sites for hydroxylation is 3. The number of nitrogens with one attached hydrogen (secondary N) is 1. The van der Waals surface area contributed by atoms with Crippen LogP contribution in [0.2, 0.25) is 0 Å². The summed E-state index contributed by atoms with van der Waals surface area (Å²) in [5.74, 6) is 0.936. The van der Waals surface area contributed by atoms with E-state index in [4.69, 9.17) is 10.1 Å². The van der Waals surface area contributed by atoms with Crippen LogP contribution in [0.1, 0.15) is 72.8 Å². The molecule has 0 aromatic carbocycles. The molecule has 0 spiro atoms. The van der Waals surface area contributed by atoms with E-state index in [0.717, 1.165) is 34.9 Å². The predicted molar refractivity (Wildman–Crippen MR) is 95.8 cm³/mol. The van der Waals surface area contributed by atoms with Crippen molar-refractivity contribution in [2.75, 3.05) is 5.32 Å². The number of anilines is 1. The summed E-state index contributed by atoms with van der Waals surface area (Å²) in [5, 5.41) is 8.85. The molecule has 1 atom stereocenters. The highest BCUT2D eigenvalue weighted by atomic mass is 32.1. The molecule has 128 valence electrons. The molecule has 2 aromatic heterocycles. The molecule has 24 heavy (non-hydrogen) atoms. The Balaban J connectivity index is 1.86. The molecule has 4 rings (SSSR count). The molecule has 6 heteroatoms. The summed E-state index contributed by atoms with van der Waals surface area (Å²) < 4.78 is 1.81. The van der Waals surface area contributed by atoms with Crippen molar-refractivity contribution < 1.29 is 4.79 Å². The number of thiazole rings is 1. The maximum absolute atomic E-state index is 12.3. The molecule has 0 radical (unpaired) electrons. The molecular weight excluding hydrogens is 320 g/mol. The lowest BCUT2D eigenvalue weighted by atomic mass is 9.82. The van der Waals surface area contributed by atoms with Crippen molar-refractivity contribution in [1.29, 1.82) is 0 Å². The fraction of sp³-hybridized carbons (Fsp3) is 0.611. The van der Waals surface area contributed by atoms with Crippen LogP contribution in [0.5, 0.6) is 0 Å². The maximum Gasteiger partial charge on any atom is 0.226 e. The zero-order valence-electron chi connectivity index (χ0n) is 14.8. The van der Waals surface area contributed by atoms with Crippen LogP contribution < -0.4 is 5.32 Å². The van der Waals surface area contributed by atoms with Crippen LogP contribution in [0.25, 0.3) is 0 Å². The van der Waals surface area contributed by atoms with Gasteiger partial charge >= 0.3 is 0 Å². The predicted octanol–water partition coefficient (Wildman–Crippen LogP) is 3.53. The number of aromatic nitrogens is 3. The Morgan fingerprint density at radius 3 is 2.71 bits per heavy atom. The van der Waals surface area contributed by atoms with Gasteiger partial charge in [0.05, 0.1) is 17.3 Å². The summed E-state index contributed by atoms with van der Waals surface area (Å²) in [5.41, 5.74) is 3.42. The van der Waals surface area contributed by atoms with E-state index in [1.807, 2.05) is 23.1 Å². The largest absolute Gasteiger partial charge is 0.311 e. The summed E-state index contributed by atoms with van der Waals surface area (Å²) in [7, 11) is 1.91. The quantitative estimate of drug-likeness (QED) is 0.861. The Kier molecular flexibility index (Phi) is 3.56. The molecule has 0 saturated heterocycles. The summed E-state index contributed by atoms with van der Waals surface area (Å²) in [6, 6.07) is 0. The fourth-order valence-electron chi connectivity index (χ4n) is 3.77. The number of carbonyl (C=O) groups excluding carboxylic acids is 1. The Morgan fingerprint density at radius 1 is 1.25 bits per heavy atom. The Labute approximate surface area is 146 Å². The van der Waals surface area contributed by atoms with E-state index in [2.05, 4.69) is 26.1 Å². The monoisotopic (exact) mass is 344 g/mol. The van der Waals surface area contributed by atoms with E-state index < -0.39 is 0 Å². The third-order valence-corrected chi connectivity index (χ3v) is 6.22. The van der Waals surface area contributed by atoms with Crippen molar-refractivity contribution in [3.05, 3.63) is 26.8 Å². The lowest BCUT2D eigenvalue weighted by Gasteiger charge is -2.25. The average Bonchev–Trinajstić information content (AvgIpc) is 3.08. The van der Waals surface area contributed by atoms with Crippen LogP contribution >= 0.6 is 11.3 Å². The zero-order chi connectivity index (χ0) is 17.1. The molecule has 2 aliphatic rings. The smallest absolute Gasteiger partial charge is 0.226 e. The van der Waals surface area contributed by atoms with Gasteiger partial charge in [0.15, 0.2) is 0 Å². The fourth-order valence-corrected chi connectivity index (χ4v) is 5.04. The van der Waals surface area contributed by atoms with Crippen LogP contribution in [0.15, 0.2) is 0 Å². The molecule has 0 bridgehead atoms. The molecule has 1 amide bonds. The van der Waals surface area contributed by atoms with Gasteiger partial charge in [-0.25, -0.2) is 4.98 Å². The van der Waals surface area contributed by atoms with Gasteiger partial charge < -0.3 is 5.32 Å². The number of nitrogens with zero attached hydrogens (tertiary/aromatic N) is 3. The second kappa shape index (κ2) is 5.41. The van der Waals surface area contributed by atoms with Crippen LogP contribution in [0.3, 0.4) is 0 Å². The molecule has 3 heterocycles. The molecule has 5 nitrogen and oxygen atoms in total. The van der Waals surface area contributed by atoms with Gasteiger partial charge in [-0.15, -0.1) is 11.3 Å². The molecule has 0 unspecified atom stereocenters. The number of rotatable bonds is 1. The lowest BCUT2D eigenvalue weighted by molar-refractivity contribution is -0.116. The minimum absolute atomic E-state index is 0.0345. The van der Waals surface area contributed by atoms with Gasteiger partial charge in [-0.3, -0.25) is 9.48 Å². The van der Waals surface area contributed by atoms with E-state index >= 15 is 0 Å². The Hall–Kier alpha value is -1.69. The van der Waals surface area contributed by atoms with Gasteiger partial charge in [-0.1, -0.05) is 20.8 Å². The molecule has 1 aliphatic carbocycles. The van der Waals surface area contributed by atoms with Crippen molar-refractivity contribution in [3.63, 3.8) is 0 Å². The van der Waals surface area contributed by atoms with Crippen LogP contribution in [-0.2, 0) is 30.1 Å². The molecule has 0 saturated carbocycles. The highest BCUT2D eigenvalue weighted by Crippen LogP contribution is 2.44. The minimum atomic E-state index is -0.0669. The number of hydrogen-bond donors (Lipinski definition) is 1. The van der Waals surface area contributed by atoms with E-state index in [0.29, 0.717) is 6.42 Å². The van der Waals surface area contributed by atoms with Gasteiger partial charge in [-0.2, -0.15) is 5.10 Å². The van der Waals surface area contributed by atoms with E-state index in [9.17, 15) is 4.79 Å². The van der Waals surface area contributed by atoms with Crippen LogP contribution in [0, 0.1) is 0 Å².